The first-order valence-electron chi connectivity index (χ1n) is 6.82. The molecule has 0 radical (unpaired) electrons. The second-order valence-electron chi connectivity index (χ2n) is 6.09. The fourth-order valence-electron chi connectivity index (χ4n) is 2.07. The normalized spacial score (nSPS) is 19.4. The third kappa shape index (κ3) is 4.49. The first kappa shape index (κ1) is 16.9. The van der Waals surface area contributed by atoms with Gasteiger partial charge in [-0.15, -0.1) is 11.3 Å². The average Bonchev–Trinajstić information content (AvgIpc) is 2.91. The Hall–Kier alpha value is -1.51. The number of carbonyl (C=O) groups excluding carboxylic acids is 1. The van der Waals surface area contributed by atoms with Crippen LogP contribution < -0.4 is 10.2 Å². The predicted molar refractivity (Wildman–Crippen MR) is 77.1 cm³/mol. The van der Waals surface area contributed by atoms with Crippen molar-refractivity contribution < 1.29 is 22.7 Å². The molecule has 1 aromatic rings. The van der Waals surface area contributed by atoms with Crippen LogP contribution >= 0.6 is 11.3 Å². The summed E-state index contributed by atoms with van der Waals surface area (Å²) in [7, 11) is 0. The highest BCUT2D eigenvalue weighted by molar-refractivity contribution is 7.13. The van der Waals surface area contributed by atoms with Crippen LogP contribution in [0.1, 0.15) is 32.9 Å². The minimum absolute atomic E-state index is 0.159. The number of alkyl carbamates (subject to hydrolysis) is 1. The Bertz CT molecular complexity index is 539. The molecule has 1 aliphatic heterocycles. The molecule has 9 heteroatoms. The molecule has 2 rings (SSSR count). The van der Waals surface area contributed by atoms with Gasteiger partial charge < -0.3 is 15.0 Å². The van der Waals surface area contributed by atoms with E-state index in [4.69, 9.17) is 4.74 Å². The molecule has 1 N–H and O–H groups in total. The lowest BCUT2D eigenvalue weighted by molar-refractivity contribution is -0.140. The van der Waals surface area contributed by atoms with Crippen molar-refractivity contribution in [3.63, 3.8) is 0 Å². The summed E-state index contributed by atoms with van der Waals surface area (Å²) in [5, 5.41) is 4.05. The molecule has 0 aliphatic carbocycles. The SMILES string of the molecule is CC(C)(C)OC(=O)N[C@@H]1CCN(c2nc(C(F)(F)F)cs2)C1. The lowest BCUT2D eigenvalue weighted by Gasteiger charge is -2.22. The Morgan fingerprint density at radius 1 is 1.45 bits per heavy atom. The molecule has 0 spiro atoms. The molecule has 0 saturated carbocycles. The molecule has 2 heterocycles. The van der Waals surface area contributed by atoms with Gasteiger partial charge in [-0.3, -0.25) is 0 Å². The number of alkyl halides is 3. The maximum atomic E-state index is 12.5. The molecular formula is C13H18F3N3O2S. The highest BCUT2D eigenvalue weighted by atomic mass is 32.1. The Morgan fingerprint density at radius 3 is 2.68 bits per heavy atom. The van der Waals surface area contributed by atoms with Crippen LogP contribution in [0.3, 0.4) is 0 Å². The largest absolute Gasteiger partial charge is 0.444 e. The van der Waals surface area contributed by atoms with Crippen molar-refractivity contribution in [2.75, 3.05) is 18.0 Å². The minimum atomic E-state index is -4.43. The lowest BCUT2D eigenvalue weighted by Crippen LogP contribution is -2.40. The number of anilines is 1. The summed E-state index contributed by atoms with van der Waals surface area (Å²) in [6.07, 6.45) is -4.31. The molecule has 1 fully saturated rings. The Balaban J connectivity index is 1.90. The third-order valence-electron chi connectivity index (χ3n) is 2.96. The smallest absolute Gasteiger partial charge is 0.434 e. The van der Waals surface area contributed by atoms with Gasteiger partial charge in [-0.2, -0.15) is 13.2 Å². The number of halogens is 3. The van der Waals surface area contributed by atoms with E-state index in [1.807, 2.05) is 0 Å². The summed E-state index contributed by atoms with van der Waals surface area (Å²) < 4.78 is 42.8. The molecule has 5 nitrogen and oxygen atoms in total. The van der Waals surface area contributed by atoms with E-state index in [-0.39, 0.29) is 6.04 Å². The van der Waals surface area contributed by atoms with E-state index in [1.165, 1.54) is 0 Å². The molecule has 124 valence electrons. The van der Waals surface area contributed by atoms with Gasteiger partial charge in [0.1, 0.15) is 5.60 Å². The van der Waals surface area contributed by atoms with E-state index in [9.17, 15) is 18.0 Å². The van der Waals surface area contributed by atoms with Crippen LogP contribution in [0.15, 0.2) is 5.38 Å². The van der Waals surface area contributed by atoms with Crippen molar-refractivity contribution in [3.05, 3.63) is 11.1 Å². The summed E-state index contributed by atoms with van der Waals surface area (Å²) in [5.41, 5.74) is -1.46. The first-order valence-corrected chi connectivity index (χ1v) is 7.70. The first-order chi connectivity index (χ1) is 10.0. The van der Waals surface area contributed by atoms with E-state index >= 15 is 0 Å². The predicted octanol–water partition coefficient (Wildman–Crippen LogP) is 3.27. The van der Waals surface area contributed by atoms with Crippen LogP contribution in [0.4, 0.5) is 23.1 Å². The number of hydrogen-bond donors (Lipinski definition) is 1. The molecule has 0 unspecified atom stereocenters. The minimum Gasteiger partial charge on any atom is -0.444 e. The molecule has 1 atom stereocenters. The number of nitrogens with one attached hydrogen (secondary N) is 1. The van der Waals surface area contributed by atoms with Crippen molar-refractivity contribution in [1.29, 1.82) is 0 Å². The molecule has 1 saturated heterocycles. The molecular weight excluding hydrogens is 319 g/mol. The van der Waals surface area contributed by atoms with E-state index in [1.54, 1.807) is 25.7 Å². The highest BCUT2D eigenvalue weighted by Crippen LogP contribution is 2.33. The average molecular weight is 337 g/mol. The van der Waals surface area contributed by atoms with Crippen molar-refractivity contribution >= 4 is 22.6 Å². The number of rotatable bonds is 2. The van der Waals surface area contributed by atoms with Crippen molar-refractivity contribution in [3.8, 4) is 0 Å². The number of hydrogen-bond acceptors (Lipinski definition) is 5. The zero-order valence-corrected chi connectivity index (χ0v) is 13.3. The highest BCUT2D eigenvalue weighted by Gasteiger charge is 2.35. The fraction of sp³-hybridized carbons (Fsp3) is 0.692. The molecule has 1 aromatic heterocycles. The molecule has 0 aromatic carbocycles. The van der Waals surface area contributed by atoms with Gasteiger partial charge in [-0.25, -0.2) is 9.78 Å². The van der Waals surface area contributed by atoms with Crippen LogP contribution in [0.25, 0.3) is 0 Å². The van der Waals surface area contributed by atoms with Gasteiger partial charge in [0, 0.05) is 18.5 Å². The van der Waals surface area contributed by atoms with Crippen molar-refractivity contribution in [2.24, 2.45) is 0 Å². The maximum absolute atomic E-state index is 12.5. The summed E-state index contributed by atoms with van der Waals surface area (Å²) in [5.74, 6) is 0. The summed E-state index contributed by atoms with van der Waals surface area (Å²) in [6, 6.07) is -0.159. The number of ether oxygens (including phenoxy) is 1. The molecule has 1 amide bonds. The van der Waals surface area contributed by atoms with Gasteiger partial charge in [-0.1, -0.05) is 0 Å². The van der Waals surface area contributed by atoms with Gasteiger partial charge in [0.25, 0.3) is 0 Å². The lowest BCUT2D eigenvalue weighted by atomic mass is 10.2. The van der Waals surface area contributed by atoms with Gasteiger partial charge in [0.05, 0.1) is 6.04 Å². The quantitative estimate of drug-likeness (QED) is 0.900. The summed E-state index contributed by atoms with van der Waals surface area (Å²) >= 11 is 0.955. The summed E-state index contributed by atoms with van der Waals surface area (Å²) in [6.45, 7) is 6.26. The Morgan fingerprint density at radius 2 is 2.14 bits per heavy atom. The number of thiazole rings is 1. The zero-order chi connectivity index (χ0) is 16.5. The topological polar surface area (TPSA) is 54.5 Å². The second kappa shape index (κ2) is 5.94. The zero-order valence-electron chi connectivity index (χ0n) is 12.5. The van der Waals surface area contributed by atoms with E-state index in [2.05, 4.69) is 10.3 Å². The third-order valence-corrected chi connectivity index (χ3v) is 3.86. The Labute approximate surface area is 130 Å². The van der Waals surface area contributed by atoms with Gasteiger partial charge in [0.15, 0.2) is 10.8 Å². The van der Waals surface area contributed by atoms with Crippen LogP contribution in [0.2, 0.25) is 0 Å². The van der Waals surface area contributed by atoms with Crippen LogP contribution in [-0.4, -0.2) is 35.8 Å². The Kier molecular flexibility index (Phi) is 4.55. The fourth-order valence-corrected chi connectivity index (χ4v) is 2.94. The van der Waals surface area contributed by atoms with Crippen LogP contribution in [-0.2, 0) is 10.9 Å². The maximum Gasteiger partial charge on any atom is 0.434 e. The van der Waals surface area contributed by atoms with Crippen LogP contribution in [0.5, 0.6) is 0 Å². The number of carbonyl (C=O) groups is 1. The molecule has 22 heavy (non-hydrogen) atoms. The van der Waals surface area contributed by atoms with Crippen LogP contribution in [0, 0.1) is 0 Å². The van der Waals surface area contributed by atoms with E-state index in [0.29, 0.717) is 24.6 Å². The number of nitrogens with zero attached hydrogens (tertiary/aromatic N) is 2. The van der Waals surface area contributed by atoms with Gasteiger partial charge in [0.2, 0.25) is 0 Å². The van der Waals surface area contributed by atoms with Gasteiger partial charge in [-0.05, 0) is 27.2 Å². The standard InChI is InChI=1S/C13H18F3N3O2S/c1-12(2,3)21-11(20)17-8-4-5-19(6-8)10-18-9(7-22-10)13(14,15)16/h7-8H,4-6H2,1-3H3,(H,17,20)/t8-/m1/s1. The van der Waals surface area contributed by atoms with E-state index in [0.717, 1.165) is 16.7 Å². The number of amides is 1. The van der Waals surface area contributed by atoms with Crippen molar-refractivity contribution in [2.45, 2.75) is 45.0 Å². The summed E-state index contributed by atoms with van der Waals surface area (Å²) in [4.78, 5) is 17.0. The molecule has 0 bridgehead atoms. The number of aromatic nitrogens is 1. The van der Waals surface area contributed by atoms with Gasteiger partial charge >= 0.3 is 12.3 Å². The van der Waals surface area contributed by atoms with E-state index < -0.39 is 23.6 Å². The second-order valence-corrected chi connectivity index (χ2v) is 6.93. The molecule has 1 aliphatic rings. The monoisotopic (exact) mass is 337 g/mol. The van der Waals surface area contributed by atoms with Crippen molar-refractivity contribution in [1.82, 2.24) is 10.3 Å².